The third kappa shape index (κ3) is 5.29. The molecule has 5 aromatic rings. The number of rotatable bonds is 8. The van der Waals surface area contributed by atoms with Crippen LogP contribution in [0.4, 0.5) is 47.6 Å². The van der Waals surface area contributed by atoms with Crippen molar-refractivity contribution in [2.45, 2.75) is 0 Å². The number of hydrogen-bond acceptors (Lipinski definition) is 15. The van der Waals surface area contributed by atoms with E-state index < -0.39 is 0 Å². The van der Waals surface area contributed by atoms with Gasteiger partial charge in [-0.3, -0.25) is 0 Å². The molecule has 0 unspecified atom stereocenters. The molecule has 0 aromatic carbocycles. The summed E-state index contributed by atoms with van der Waals surface area (Å²) in [7, 11) is 0. The molecule has 0 aliphatic carbocycles. The second-order valence-electron chi connectivity index (χ2n) is 5.58. The molecule has 0 N–H and O–H groups in total. The Hall–Kier alpha value is -5.75. The monoisotopic (exact) mass is 453 g/mol. The zero-order valence-electron chi connectivity index (χ0n) is 16.5. The molecule has 4 radical (unpaired) electrons. The molecule has 19 heteroatoms. The van der Waals surface area contributed by atoms with Gasteiger partial charge in [0, 0.05) is 0 Å². The van der Waals surface area contributed by atoms with Gasteiger partial charge in [-0.2, -0.15) is 86.1 Å². The summed E-state index contributed by atoms with van der Waals surface area (Å²) in [6.45, 7) is 0. The number of hydrogen-bond donors (Lipinski definition) is 0. The average molecular weight is 453 g/mol. The van der Waals surface area contributed by atoms with Gasteiger partial charge in [0.1, 0.15) is 44.3 Å². The van der Waals surface area contributed by atoms with Gasteiger partial charge in [-0.25, -0.2) is 9.97 Å². The van der Waals surface area contributed by atoms with Crippen LogP contribution in [0, 0.1) is 0 Å². The van der Waals surface area contributed by atoms with E-state index in [9.17, 15) is 0 Å². The Labute approximate surface area is 188 Å². The van der Waals surface area contributed by atoms with E-state index in [0.29, 0.717) is 0 Å². The predicted molar refractivity (Wildman–Crippen MR) is 105 cm³/mol. The van der Waals surface area contributed by atoms with Crippen LogP contribution in [-0.2, 0) is 0 Å². The average Bonchev–Trinajstić information content (AvgIpc) is 2.86. The van der Waals surface area contributed by atoms with Gasteiger partial charge >= 0.3 is 0 Å². The zero-order valence-corrected chi connectivity index (χ0v) is 16.5. The van der Waals surface area contributed by atoms with Crippen LogP contribution in [0.15, 0.2) is 44.3 Å². The molecule has 5 heterocycles. The normalized spacial score (nSPS) is 10.4. The zero-order chi connectivity index (χ0) is 23.0. The van der Waals surface area contributed by atoms with Crippen LogP contribution in [0.1, 0.15) is 0 Å². The lowest BCUT2D eigenvalue weighted by Gasteiger charge is -2.03. The first-order valence-corrected chi connectivity index (χ1v) is 8.98. The van der Waals surface area contributed by atoms with Crippen molar-refractivity contribution >= 4 is 47.6 Å². The van der Waals surface area contributed by atoms with E-state index in [0.717, 1.165) is 0 Å². The minimum Gasteiger partial charge on any atom is -0.225 e. The van der Waals surface area contributed by atoms with Gasteiger partial charge in [0.2, 0.25) is 0 Å². The minimum absolute atomic E-state index is 0.00134. The second-order valence-corrected chi connectivity index (χ2v) is 5.58. The molecule has 34 heavy (non-hydrogen) atoms. The SMILES string of the molecule is c1ncnc([N]c2ncnc([N]c3ncnc([N]c4ncnc([N]c5ncncn5)n4)n3)n2)n1. The molecule has 0 amide bonds. The van der Waals surface area contributed by atoms with Crippen molar-refractivity contribution in [1.29, 1.82) is 0 Å². The lowest BCUT2D eigenvalue weighted by Crippen LogP contribution is -2.08. The third-order valence-corrected chi connectivity index (χ3v) is 3.40. The Morgan fingerprint density at radius 1 is 0.294 bits per heavy atom. The maximum Gasteiger partial charge on any atom is 0.257 e. The molecule has 19 nitrogen and oxygen atoms in total. The smallest absolute Gasteiger partial charge is 0.225 e. The first-order chi connectivity index (χ1) is 16.8. The van der Waals surface area contributed by atoms with Crippen LogP contribution < -0.4 is 21.3 Å². The van der Waals surface area contributed by atoms with Crippen LogP contribution in [0.3, 0.4) is 0 Å². The van der Waals surface area contributed by atoms with E-state index >= 15 is 0 Å². The summed E-state index contributed by atoms with van der Waals surface area (Å²) in [4.78, 5) is 58.8. The minimum atomic E-state index is -0.0183. The van der Waals surface area contributed by atoms with Crippen LogP contribution in [0.2, 0.25) is 0 Å². The molecule has 162 valence electrons. The van der Waals surface area contributed by atoms with Crippen molar-refractivity contribution in [3.63, 3.8) is 0 Å². The quantitative estimate of drug-likeness (QED) is 0.270. The van der Waals surface area contributed by atoms with Crippen LogP contribution in [-0.4, -0.2) is 74.8 Å². The van der Waals surface area contributed by atoms with E-state index in [1.165, 1.54) is 44.3 Å². The fourth-order valence-corrected chi connectivity index (χ4v) is 2.10. The summed E-state index contributed by atoms with van der Waals surface area (Å²) in [5.74, 6) is 0.305. The highest BCUT2D eigenvalue weighted by atomic mass is 15.3. The Balaban J connectivity index is 1.26. The Bertz CT molecular complexity index is 1260. The maximum absolute atomic E-state index is 4.13. The highest BCUT2D eigenvalue weighted by Gasteiger charge is 2.12. The molecule has 0 bridgehead atoms. The summed E-state index contributed by atoms with van der Waals surface area (Å²) in [5, 5.41) is 16.4. The topological polar surface area (TPSA) is 250 Å². The first-order valence-electron chi connectivity index (χ1n) is 8.98. The van der Waals surface area contributed by atoms with Crippen molar-refractivity contribution in [2.75, 3.05) is 0 Å². The van der Waals surface area contributed by atoms with E-state index in [-0.39, 0.29) is 47.6 Å². The fraction of sp³-hybridized carbons (Fsp3) is 0. The Kier molecular flexibility index (Phi) is 5.69. The van der Waals surface area contributed by atoms with Gasteiger partial charge in [0.15, 0.2) is 0 Å². The van der Waals surface area contributed by atoms with E-state index in [1.54, 1.807) is 0 Å². The van der Waals surface area contributed by atoms with Gasteiger partial charge in [0.25, 0.3) is 47.6 Å². The highest BCUT2D eigenvalue weighted by molar-refractivity contribution is 5.37. The first kappa shape index (κ1) is 20.2. The molecule has 0 spiro atoms. The lowest BCUT2D eigenvalue weighted by atomic mass is 10.7. The second kappa shape index (κ2) is 9.59. The van der Waals surface area contributed by atoms with Crippen molar-refractivity contribution < 1.29 is 0 Å². The predicted octanol–water partition coefficient (Wildman–Crippen LogP) is -1.12. The van der Waals surface area contributed by atoms with Crippen LogP contribution in [0.5, 0.6) is 0 Å². The van der Waals surface area contributed by atoms with E-state index in [4.69, 9.17) is 0 Å². The van der Waals surface area contributed by atoms with Gasteiger partial charge in [-0.1, -0.05) is 0 Å². The molecular weight excluding hydrogens is 446 g/mol. The summed E-state index contributed by atoms with van der Waals surface area (Å²) in [6.07, 6.45) is 8.84. The number of aromatic nitrogens is 15. The molecule has 5 aromatic heterocycles. The third-order valence-electron chi connectivity index (χ3n) is 3.40. The largest absolute Gasteiger partial charge is 0.257 e. The van der Waals surface area contributed by atoms with E-state index in [2.05, 4.69) is 96.0 Å². The molecule has 0 atom stereocenters. The molecule has 5 rings (SSSR count). The van der Waals surface area contributed by atoms with Crippen molar-refractivity contribution in [3.05, 3.63) is 44.3 Å². The fourth-order valence-electron chi connectivity index (χ4n) is 2.10. The number of nitrogens with zero attached hydrogens (tertiary/aromatic N) is 19. The molecule has 0 saturated heterocycles. The van der Waals surface area contributed by atoms with Gasteiger partial charge in [0.05, 0.1) is 0 Å². The van der Waals surface area contributed by atoms with E-state index in [1.807, 2.05) is 0 Å². The van der Waals surface area contributed by atoms with Crippen LogP contribution >= 0.6 is 0 Å². The molecule has 0 saturated carbocycles. The van der Waals surface area contributed by atoms with Crippen LogP contribution in [0.25, 0.3) is 0 Å². The maximum atomic E-state index is 4.13. The van der Waals surface area contributed by atoms with Gasteiger partial charge in [-0.15, -0.1) is 0 Å². The lowest BCUT2D eigenvalue weighted by molar-refractivity contribution is 0.833. The molecule has 0 fully saturated rings. The standard InChI is InChI=1S/C15H7N19/c1-16-2-19-8(18-1)28-10-22-5-24-12(30-10)32-14-26-7-27-15(34-14)33-13-25-6-23-11(31-13)29-9-20-3-17-4-21-9/h1-7H. The van der Waals surface area contributed by atoms with Gasteiger partial charge in [-0.05, 0) is 0 Å². The van der Waals surface area contributed by atoms with Crippen molar-refractivity contribution in [1.82, 2.24) is 96.0 Å². The summed E-state index contributed by atoms with van der Waals surface area (Å²) in [5.41, 5.74) is 0. The highest BCUT2D eigenvalue weighted by Crippen LogP contribution is 2.14. The Morgan fingerprint density at radius 3 is 0.824 bits per heavy atom. The van der Waals surface area contributed by atoms with Crippen molar-refractivity contribution in [2.24, 2.45) is 0 Å². The molecular formula is C15H7N19. The molecule has 0 aliphatic heterocycles. The Morgan fingerprint density at radius 2 is 0.529 bits per heavy atom. The van der Waals surface area contributed by atoms with Gasteiger partial charge < -0.3 is 0 Å². The summed E-state index contributed by atoms with van der Waals surface area (Å²) >= 11 is 0. The van der Waals surface area contributed by atoms with Crippen molar-refractivity contribution in [3.8, 4) is 0 Å². The summed E-state index contributed by atoms with van der Waals surface area (Å²) in [6, 6.07) is 0. The summed E-state index contributed by atoms with van der Waals surface area (Å²) < 4.78 is 0. The molecule has 0 aliphatic rings.